The van der Waals surface area contributed by atoms with Crippen LogP contribution >= 0.6 is 0 Å². The SMILES string of the molecule is Cc1c(-c2nnc3cc(C#N)ccn23)cccc1[N+](=O)[O-]. The fraction of sp³-hybridized carbons (Fsp3) is 0.0714. The largest absolute Gasteiger partial charge is 0.282 e. The predicted molar refractivity (Wildman–Crippen MR) is 74.5 cm³/mol. The first kappa shape index (κ1) is 12.7. The molecule has 3 aromatic rings. The van der Waals surface area contributed by atoms with Crippen LogP contribution in [0.25, 0.3) is 17.0 Å². The van der Waals surface area contributed by atoms with Crippen LogP contribution < -0.4 is 0 Å². The standard InChI is InChI=1S/C14H9N5O2/c1-9-11(3-2-4-12(9)19(20)21)14-17-16-13-7-10(8-15)5-6-18(13)14/h2-7H,1H3. The minimum Gasteiger partial charge on any atom is -0.282 e. The second-order valence-corrected chi connectivity index (χ2v) is 4.49. The number of hydrogen-bond donors (Lipinski definition) is 0. The third-order valence-corrected chi connectivity index (χ3v) is 3.28. The lowest BCUT2D eigenvalue weighted by atomic mass is 10.1. The maximum Gasteiger partial charge on any atom is 0.273 e. The average molecular weight is 279 g/mol. The molecule has 0 unspecified atom stereocenters. The van der Waals surface area contributed by atoms with Crippen molar-refractivity contribution in [2.75, 3.05) is 0 Å². The molecule has 0 aliphatic heterocycles. The molecule has 3 rings (SSSR count). The summed E-state index contributed by atoms with van der Waals surface area (Å²) in [6.07, 6.45) is 1.68. The Hall–Kier alpha value is -3.27. The second-order valence-electron chi connectivity index (χ2n) is 4.49. The molecule has 7 nitrogen and oxygen atoms in total. The molecule has 0 aliphatic rings. The van der Waals surface area contributed by atoms with Gasteiger partial charge in [-0.1, -0.05) is 12.1 Å². The molecule has 7 heteroatoms. The van der Waals surface area contributed by atoms with Crippen molar-refractivity contribution in [1.29, 1.82) is 5.26 Å². The van der Waals surface area contributed by atoms with Gasteiger partial charge in [0.05, 0.1) is 16.6 Å². The summed E-state index contributed by atoms with van der Waals surface area (Å²) >= 11 is 0. The lowest BCUT2D eigenvalue weighted by Crippen LogP contribution is -1.96. The number of nitriles is 1. The highest BCUT2D eigenvalue weighted by Crippen LogP contribution is 2.28. The molecule has 0 N–H and O–H groups in total. The van der Waals surface area contributed by atoms with Crippen molar-refractivity contribution in [3.8, 4) is 17.5 Å². The van der Waals surface area contributed by atoms with E-state index in [4.69, 9.17) is 5.26 Å². The fourth-order valence-electron chi connectivity index (χ4n) is 2.21. The minimum atomic E-state index is -0.421. The highest BCUT2D eigenvalue weighted by Gasteiger charge is 2.17. The molecule has 21 heavy (non-hydrogen) atoms. The molecule has 0 bridgehead atoms. The van der Waals surface area contributed by atoms with Gasteiger partial charge >= 0.3 is 0 Å². The first-order valence-electron chi connectivity index (χ1n) is 6.11. The number of nitro benzene ring substituents is 1. The van der Waals surface area contributed by atoms with Gasteiger partial charge in [0, 0.05) is 29.5 Å². The zero-order valence-electron chi connectivity index (χ0n) is 11.0. The third kappa shape index (κ3) is 1.99. The van der Waals surface area contributed by atoms with Crippen LogP contribution in [-0.4, -0.2) is 19.5 Å². The Morgan fingerprint density at radius 3 is 2.86 bits per heavy atom. The van der Waals surface area contributed by atoms with E-state index in [-0.39, 0.29) is 5.69 Å². The summed E-state index contributed by atoms with van der Waals surface area (Å²) in [5.74, 6) is 0.510. The van der Waals surface area contributed by atoms with Crippen molar-refractivity contribution in [1.82, 2.24) is 14.6 Å². The van der Waals surface area contributed by atoms with E-state index < -0.39 is 4.92 Å². The molecule has 0 amide bonds. The summed E-state index contributed by atoms with van der Waals surface area (Å²) in [6, 6.07) is 10.1. The summed E-state index contributed by atoms with van der Waals surface area (Å²) in [6.45, 7) is 1.68. The fourth-order valence-corrected chi connectivity index (χ4v) is 2.21. The van der Waals surface area contributed by atoms with Gasteiger partial charge < -0.3 is 0 Å². The van der Waals surface area contributed by atoms with Crippen molar-refractivity contribution >= 4 is 11.3 Å². The Labute approximate surface area is 119 Å². The molecule has 0 atom stereocenters. The van der Waals surface area contributed by atoms with E-state index in [0.29, 0.717) is 28.2 Å². The normalized spacial score (nSPS) is 10.5. The van der Waals surface area contributed by atoms with Gasteiger partial charge in [0.1, 0.15) is 0 Å². The zero-order valence-corrected chi connectivity index (χ0v) is 11.0. The zero-order chi connectivity index (χ0) is 15.0. The Balaban J connectivity index is 2.24. The topological polar surface area (TPSA) is 97.1 Å². The van der Waals surface area contributed by atoms with Crippen LogP contribution in [0.3, 0.4) is 0 Å². The molecule has 1 aromatic carbocycles. The molecule has 0 aliphatic carbocycles. The van der Waals surface area contributed by atoms with Gasteiger partial charge in [-0.15, -0.1) is 10.2 Å². The monoisotopic (exact) mass is 279 g/mol. The lowest BCUT2D eigenvalue weighted by molar-refractivity contribution is -0.385. The van der Waals surface area contributed by atoms with Gasteiger partial charge in [-0.2, -0.15) is 5.26 Å². The van der Waals surface area contributed by atoms with Crippen LogP contribution in [0.15, 0.2) is 36.5 Å². The van der Waals surface area contributed by atoms with Crippen LogP contribution in [0, 0.1) is 28.4 Å². The summed E-state index contributed by atoms with van der Waals surface area (Å²) in [7, 11) is 0. The van der Waals surface area contributed by atoms with E-state index in [1.54, 1.807) is 41.8 Å². The predicted octanol–water partition coefficient (Wildman–Crippen LogP) is 2.48. The Bertz CT molecular complexity index is 907. The van der Waals surface area contributed by atoms with Crippen LogP contribution in [0.2, 0.25) is 0 Å². The van der Waals surface area contributed by atoms with Gasteiger partial charge in [0.2, 0.25) is 0 Å². The van der Waals surface area contributed by atoms with E-state index >= 15 is 0 Å². The summed E-state index contributed by atoms with van der Waals surface area (Å²) < 4.78 is 1.70. The molecule has 0 fully saturated rings. The van der Waals surface area contributed by atoms with Crippen LogP contribution in [-0.2, 0) is 0 Å². The quantitative estimate of drug-likeness (QED) is 0.530. The van der Waals surface area contributed by atoms with E-state index in [0.717, 1.165) is 0 Å². The molecule has 0 saturated heterocycles. The van der Waals surface area contributed by atoms with Gasteiger partial charge in [-0.05, 0) is 13.0 Å². The number of hydrogen-bond acceptors (Lipinski definition) is 5. The van der Waals surface area contributed by atoms with Crippen LogP contribution in [0.1, 0.15) is 11.1 Å². The van der Waals surface area contributed by atoms with E-state index in [2.05, 4.69) is 10.2 Å². The molecular formula is C14H9N5O2. The number of fused-ring (bicyclic) bond motifs is 1. The van der Waals surface area contributed by atoms with Crippen molar-refractivity contribution < 1.29 is 4.92 Å². The highest BCUT2D eigenvalue weighted by atomic mass is 16.6. The summed E-state index contributed by atoms with van der Waals surface area (Å²) in [5, 5.41) is 28.0. The maximum absolute atomic E-state index is 11.0. The van der Waals surface area contributed by atoms with Gasteiger partial charge in [0.25, 0.3) is 5.69 Å². The number of benzene rings is 1. The van der Waals surface area contributed by atoms with Crippen LogP contribution in [0.5, 0.6) is 0 Å². The van der Waals surface area contributed by atoms with Gasteiger partial charge in [0.15, 0.2) is 11.5 Å². The van der Waals surface area contributed by atoms with Gasteiger partial charge in [-0.3, -0.25) is 14.5 Å². The third-order valence-electron chi connectivity index (χ3n) is 3.28. The highest BCUT2D eigenvalue weighted by molar-refractivity contribution is 5.68. The molecule has 102 valence electrons. The molecular weight excluding hydrogens is 270 g/mol. The molecule has 2 heterocycles. The number of rotatable bonds is 2. The molecule has 0 saturated carbocycles. The van der Waals surface area contributed by atoms with Crippen molar-refractivity contribution in [3.05, 3.63) is 57.8 Å². The van der Waals surface area contributed by atoms with E-state index in [9.17, 15) is 10.1 Å². The number of pyridine rings is 1. The Kier molecular flexibility index (Phi) is 2.84. The first-order valence-corrected chi connectivity index (χ1v) is 6.11. The lowest BCUT2D eigenvalue weighted by Gasteiger charge is -2.04. The Morgan fingerprint density at radius 2 is 2.14 bits per heavy atom. The van der Waals surface area contributed by atoms with Gasteiger partial charge in [-0.25, -0.2) is 0 Å². The maximum atomic E-state index is 11.0. The average Bonchev–Trinajstić information content (AvgIpc) is 2.90. The molecule has 0 radical (unpaired) electrons. The van der Waals surface area contributed by atoms with E-state index in [1.807, 2.05) is 6.07 Å². The van der Waals surface area contributed by atoms with Crippen molar-refractivity contribution in [3.63, 3.8) is 0 Å². The molecule has 0 spiro atoms. The Morgan fingerprint density at radius 1 is 1.33 bits per heavy atom. The number of aromatic nitrogens is 3. The summed E-state index contributed by atoms with van der Waals surface area (Å²) in [4.78, 5) is 10.6. The molecule has 2 aromatic heterocycles. The minimum absolute atomic E-state index is 0.0397. The smallest absolute Gasteiger partial charge is 0.273 e. The number of nitro groups is 1. The summed E-state index contributed by atoms with van der Waals surface area (Å²) in [5.41, 5.74) is 2.22. The van der Waals surface area contributed by atoms with Crippen LogP contribution in [0.4, 0.5) is 5.69 Å². The van der Waals surface area contributed by atoms with Crippen molar-refractivity contribution in [2.45, 2.75) is 6.92 Å². The van der Waals surface area contributed by atoms with E-state index in [1.165, 1.54) is 6.07 Å². The second kappa shape index (κ2) is 4.68. The number of nitrogens with zero attached hydrogens (tertiary/aromatic N) is 5. The first-order chi connectivity index (χ1) is 10.1. The van der Waals surface area contributed by atoms with Crippen molar-refractivity contribution in [2.24, 2.45) is 0 Å².